The average Bonchev–Trinajstić information content (AvgIpc) is 2.12. The van der Waals surface area contributed by atoms with Gasteiger partial charge >= 0.3 is 0 Å². The van der Waals surface area contributed by atoms with Crippen LogP contribution in [0.3, 0.4) is 0 Å². The first-order valence-corrected chi connectivity index (χ1v) is 1.66. The molecule has 0 amide bonds. The van der Waals surface area contributed by atoms with Gasteiger partial charge in [0.25, 0.3) is 0 Å². The molecule has 0 aromatic carbocycles. The second kappa shape index (κ2) is 3.08. The number of ether oxygens (including phenoxy) is 1. The summed E-state index contributed by atoms with van der Waals surface area (Å²) >= 11 is 0. The summed E-state index contributed by atoms with van der Waals surface area (Å²) in [4.78, 5) is 0. The number of aliphatic hydroxyl groups excluding tert-OH is 1. The van der Waals surface area contributed by atoms with Gasteiger partial charge in [0.05, 0.1) is 13.2 Å². The maximum Gasteiger partial charge on any atom is 0.104 e. The van der Waals surface area contributed by atoms with Crippen LogP contribution in [0.5, 0.6) is 0 Å². The summed E-state index contributed by atoms with van der Waals surface area (Å²) in [6.45, 7) is 0.955. The van der Waals surface area contributed by atoms with Crippen LogP contribution in [0.2, 0.25) is 0 Å². The van der Waals surface area contributed by atoms with E-state index in [1.807, 2.05) is 0 Å². The van der Waals surface area contributed by atoms with E-state index in [2.05, 4.69) is 4.74 Å². The molecular formula is C3H6O2Y. The Morgan fingerprint density at radius 1 is 1.83 bits per heavy atom. The molecule has 33 valence electrons. The molecule has 0 aromatic rings. The normalized spacial score (nSPS) is 28.5. The van der Waals surface area contributed by atoms with Crippen molar-refractivity contribution in [3.63, 3.8) is 0 Å². The average molecular weight is 163 g/mol. The molecule has 1 saturated heterocycles. The first kappa shape index (κ1) is 7.02. The molecule has 2 nitrogen and oxygen atoms in total. The van der Waals surface area contributed by atoms with Crippen LogP contribution in [-0.4, -0.2) is 24.4 Å². The number of hydrogen-bond acceptors (Lipinski definition) is 2. The number of aliphatic hydroxyl groups is 1. The fourth-order valence-electron chi connectivity index (χ4n) is 0.173. The maximum absolute atomic E-state index is 8.08. The molecule has 1 fully saturated rings. The van der Waals surface area contributed by atoms with Crippen molar-refractivity contribution in [2.45, 2.75) is 6.10 Å². The van der Waals surface area contributed by atoms with Crippen LogP contribution in [0.15, 0.2) is 0 Å². The van der Waals surface area contributed by atoms with E-state index in [0.29, 0.717) is 0 Å². The van der Waals surface area contributed by atoms with E-state index < -0.39 is 0 Å². The molecule has 0 spiro atoms. The quantitative estimate of drug-likeness (QED) is 0.522. The van der Waals surface area contributed by atoms with E-state index in [1.54, 1.807) is 0 Å². The second-order valence-electron chi connectivity index (χ2n) is 1.14. The van der Waals surface area contributed by atoms with Crippen molar-refractivity contribution in [2.24, 2.45) is 0 Å². The van der Waals surface area contributed by atoms with Gasteiger partial charge in [0.15, 0.2) is 0 Å². The van der Waals surface area contributed by atoms with Crippen LogP contribution in [0.25, 0.3) is 0 Å². The van der Waals surface area contributed by atoms with Gasteiger partial charge in [-0.25, -0.2) is 0 Å². The molecule has 0 aromatic heterocycles. The third-order valence-corrected chi connectivity index (χ3v) is 0.606. The minimum Gasteiger partial charge on any atom is -0.394 e. The van der Waals surface area contributed by atoms with E-state index in [1.165, 1.54) is 0 Å². The van der Waals surface area contributed by atoms with Crippen LogP contribution < -0.4 is 0 Å². The Balaban J connectivity index is 0.000000250. The molecule has 0 aliphatic carbocycles. The van der Waals surface area contributed by atoms with Gasteiger partial charge in [-0.3, -0.25) is 0 Å². The monoisotopic (exact) mass is 163 g/mol. The Hall–Kier alpha value is 1.02. The van der Waals surface area contributed by atoms with Crippen molar-refractivity contribution >= 4 is 0 Å². The van der Waals surface area contributed by atoms with E-state index in [-0.39, 0.29) is 45.4 Å². The molecule has 1 unspecified atom stereocenters. The Bertz CT molecular complexity index is 35.8. The summed E-state index contributed by atoms with van der Waals surface area (Å²) in [7, 11) is 0. The van der Waals surface area contributed by atoms with Crippen molar-refractivity contribution in [3.05, 3.63) is 0 Å². The largest absolute Gasteiger partial charge is 0.394 e. The van der Waals surface area contributed by atoms with Crippen molar-refractivity contribution in [1.29, 1.82) is 0 Å². The molecule has 1 rings (SSSR count). The Labute approximate surface area is 61.8 Å². The van der Waals surface area contributed by atoms with Gasteiger partial charge in [0, 0.05) is 32.7 Å². The molecule has 0 saturated carbocycles. The van der Waals surface area contributed by atoms with Crippen molar-refractivity contribution < 1.29 is 42.6 Å². The molecule has 0 bridgehead atoms. The summed E-state index contributed by atoms with van der Waals surface area (Å²) in [5.41, 5.74) is 0. The molecule has 1 N–H and O–H groups in total. The zero-order chi connectivity index (χ0) is 3.70. The molecule has 1 aliphatic rings. The smallest absolute Gasteiger partial charge is 0.104 e. The van der Waals surface area contributed by atoms with E-state index in [4.69, 9.17) is 5.11 Å². The third-order valence-electron chi connectivity index (χ3n) is 0.606. The van der Waals surface area contributed by atoms with Crippen LogP contribution in [0.1, 0.15) is 0 Å². The van der Waals surface area contributed by atoms with Crippen molar-refractivity contribution in [3.8, 4) is 0 Å². The van der Waals surface area contributed by atoms with E-state index in [0.717, 1.165) is 6.61 Å². The molecule has 3 heteroatoms. The molecule has 6 heavy (non-hydrogen) atoms. The van der Waals surface area contributed by atoms with Gasteiger partial charge in [-0.1, -0.05) is 0 Å². The van der Waals surface area contributed by atoms with Gasteiger partial charge in [0.1, 0.15) is 6.10 Å². The first-order chi connectivity index (χ1) is 2.43. The second-order valence-corrected chi connectivity index (χ2v) is 1.14. The predicted molar refractivity (Wildman–Crippen MR) is 16.8 cm³/mol. The molecule has 1 heterocycles. The first-order valence-electron chi connectivity index (χ1n) is 1.66. The summed E-state index contributed by atoms with van der Waals surface area (Å²) in [6, 6.07) is 0. The van der Waals surface area contributed by atoms with E-state index in [9.17, 15) is 0 Å². The van der Waals surface area contributed by atoms with Gasteiger partial charge in [-0.05, 0) is 0 Å². The maximum atomic E-state index is 8.08. The minimum atomic E-state index is 0. The third kappa shape index (κ3) is 2.24. The topological polar surface area (TPSA) is 32.8 Å². The van der Waals surface area contributed by atoms with Crippen LogP contribution >= 0.6 is 0 Å². The zero-order valence-corrected chi connectivity index (χ0v) is 6.26. The Morgan fingerprint density at radius 2 is 2.33 bits per heavy atom. The molecule has 1 aliphatic heterocycles. The van der Waals surface area contributed by atoms with Crippen LogP contribution in [-0.2, 0) is 37.4 Å². The van der Waals surface area contributed by atoms with Gasteiger partial charge < -0.3 is 9.84 Å². The van der Waals surface area contributed by atoms with Crippen molar-refractivity contribution in [1.82, 2.24) is 0 Å². The number of hydrogen-bond donors (Lipinski definition) is 1. The van der Waals surface area contributed by atoms with Gasteiger partial charge in [0.2, 0.25) is 0 Å². The van der Waals surface area contributed by atoms with Crippen LogP contribution in [0, 0.1) is 0 Å². The van der Waals surface area contributed by atoms with E-state index >= 15 is 0 Å². The summed E-state index contributed by atoms with van der Waals surface area (Å²) in [5.74, 6) is 0. The predicted octanol–water partition coefficient (Wildman–Crippen LogP) is -0.625. The minimum absolute atomic E-state index is 0. The molecule has 1 atom stereocenters. The van der Waals surface area contributed by atoms with Gasteiger partial charge in [-0.2, -0.15) is 0 Å². The fraction of sp³-hybridized carbons (Fsp3) is 1.00. The SMILES string of the molecule is OCC1CO1.[Y]. The Morgan fingerprint density at radius 3 is 2.33 bits per heavy atom. The zero-order valence-electron chi connectivity index (χ0n) is 3.42. The van der Waals surface area contributed by atoms with Gasteiger partial charge in [-0.15, -0.1) is 0 Å². The molecular weight excluding hydrogens is 157 g/mol. The Kier molecular flexibility index (Phi) is 3.61. The van der Waals surface area contributed by atoms with Crippen molar-refractivity contribution in [2.75, 3.05) is 13.2 Å². The summed E-state index contributed by atoms with van der Waals surface area (Å²) in [5, 5.41) is 8.08. The summed E-state index contributed by atoms with van der Waals surface area (Å²) in [6.07, 6.45) is 0.190. The summed E-state index contributed by atoms with van der Waals surface area (Å²) < 4.78 is 4.61. The fourth-order valence-corrected chi connectivity index (χ4v) is 0.173. The standard InChI is InChI=1S/C3H6O2.Y/c4-1-3-2-5-3;/h3-4H,1-2H2;. The van der Waals surface area contributed by atoms with Crippen LogP contribution in [0.4, 0.5) is 0 Å². The number of rotatable bonds is 1. The number of epoxide rings is 1. The molecule has 1 radical (unpaired) electrons.